The number of hydrogen-bond donors (Lipinski definition) is 0. The highest BCUT2D eigenvalue weighted by atomic mass is 19.1. The number of methoxy groups -OCH3 is 1. The van der Waals surface area contributed by atoms with Crippen LogP contribution >= 0.6 is 0 Å². The van der Waals surface area contributed by atoms with Crippen LogP contribution in [0.25, 0.3) is 11.1 Å². The summed E-state index contributed by atoms with van der Waals surface area (Å²) >= 11 is 0. The van der Waals surface area contributed by atoms with Crippen LogP contribution < -0.4 is 19.9 Å². The summed E-state index contributed by atoms with van der Waals surface area (Å²) < 4.78 is 33.3. The Kier molecular flexibility index (Phi) is 6.34. The molecule has 0 unspecified atom stereocenters. The standard InChI is InChI=1S/C27H27FN2O4/c1-32-25-13-12-18(14-26(25)33-20-6-2-3-7-20)19-15-29-27(31)30(16-19)17-21-8-4-9-22-23(28)10-5-11-24(22)34-21/h5,8,10-16,20H,2-4,6-7,9,17H2,1H3. The van der Waals surface area contributed by atoms with E-state index in [1.54, 1.807) is 31.6 Å². The molecule has 6 nitrogen and oxygen atoms in total. The smallest absolute Gasteiger partial charge is 0.347 e. The first kappa shape index (κ1) is 22.2. The molecule has 3 aromatic rings. The maximum atomic E-state index is 14.1. The fraction of sp³-hybridized carbons (Fsp3) is 0.333. The van der Waals surface area contributed by atoms with Gasteiger partial charge in [-0.15, -0.1) is 0 Å². The van der Waals surface area contributed by atoms with E-state index in [1.807, 2.05) is 24.3 Å². The van der Waals surface area contributed by atoms with Gasteiger partial charge in [-0.1, -0.05) is 12.1 Å². The molecule has 0 radical (unpaired) electrons. The van der Waals surface area contributed by atoms with Crippen LogP contribution in [0, 0.1) is 5.82 Å². The van der Waals surface area contributed by atoms with Crippen molar-refractivity contribution in [2.75, 3.05) is 7.11 Å². The number of ether oxygens (including phenoxy) is 3. The number of halogens is 1. The zero-order chi connectivity index (χ0) is 23.5. The van der Waals surface area contributed by atoms with E-state index in [-0.39, 0.29) is 24.2 Å². The highest BCUT2D eigenvalue weighted by Crippen LogP contribution is 2.35. The summed E-state index contributed by atoms with van der Waals surface area (Å²) in [5, 5.41) is 0. The van der Waals surface area contributed by atoms with E-state index in [0.717, 1.165) is 24.0 Å². The summed E-state index contributed by atoms with van der Waals surface area (Å²) in [6.07, 6.45) is 11.0. The Labute approximate surface area is 197 Å². The van der Waals surface area contributed by atoms with Gasteiger partial charge in [0.05, 0.1) is 19.8 Å². The second-order valence-electron chi connectivity index (χ2n) is 8.67. The SMILES string of the molecule is COc1ccc(-c2cnc(=O)n(CC3=CCCc4c(F)cccc4O3)c2)cc1OC1CCCC1. The lowest BCUT2D eigenvalue weighted by atomic mass is 10.1. The van der Waals surface area contributed by atoms with Crippen molar-refractivity contribution in [2.45, 2.75) is 51.2 Å². The first-order valence-electron chi connectivity index (χ1n) is 11.7. The lowest BCUT2D eigenvalue weighted by Crippen LogP contribution is -2.24. The van der Waals surface area contributed by atoms with Crippen LogP contribution in [0.3, 0.4) is 0 Å². The second-order valence-corrected chi connectivity index (χ2v) is 8.67. The van der Waals surface area contributed by atoms with Crippen molar-refractivity contribution in [1.29, 1.82) is 0 Å². The van der Waals surface area contributed by atoms with E-state index in [4.69, 9.17) is 14.2 Å². The van der Waals surface area contributed by atoms with Gasteiger partial charge in [0.2, 0.25) is 0 Å². The first-order valence-corrected chi connectivity index (χ1v) is 11.7. The van der Waals surface area contributed by atoms with Crippen LogP contribution in [-0.2, 0) is 13.0 Å². The molecule has 2 aromatic carbocycles. The number of hydrogen-bond acceptors (Lipinski definition) is 5. The number of aromatic nitrogens is 2. The van der Waals surface area contributed by atoms with Crippen molar-refractivity contribution < 1.29 is 18.6 Å². The molecule has 0 atom stereocenters. The predicted molar refractivity (Wildman–Crippen MR) is 127 cm³/mol. The lowest BCUT2D eigenvalue weighted by molar-refractivity contribution is 0.201. The number of rotatable bonds is 6. The minimum atomic E-state index is -0.382. The number of benzene rings is 2. The maximum absolute atomic E-state index is 14.1. The molecule has 1 aliphatic heterocycles. The van der Waals surface area contributed by atoms with Crippen molar-refractivity contribution in [1.82, 2.24) is 9.55 Å². The molecule has 0 N–H and O–H groups in total. The van der Waals surface area contributed by atoms with Gasteiger partial charge in [-0.2, -0.15) is 0 Å². The molecule has 2 heterocycles. The number of nitrogens with zero attached hydrogens (tertiary/aromatic N) is 2. The summed E-state index contributed by atoms with van der Waals surface area (Å²) in [7, 11) is 1.63. The molecule has 0 spiro atoms. The largest absolute Gasteiger partial charge is 0.493 e. The molecular formula is C27H27FN2O4. The second kappa shape index (κ2) is 9.71. The number of fused-ring (bicyclic) bond motifs is 1. The van der Waals surface area contributed by atoms with Gasteiger partial charge in [0.15, 0.2) is 11.5 Å². The van der Waals surface area contributed by atoms with Crippen molar-refractivity contribution >= 4 is 0 Å². The molecule has 0 saturated heterocycles. The van der Waals surface area contributed by atoms with Crippen LogP contribution in [-0.4, -0.2) is 22.8 Å². The first-order chi connectivity index (χ1) is 16.6. The highest BCUT2D eigenvalue weighted by Gasteiger charge is 2.19. The summed E-state index contributed by atoms with van der Waals surface area (Å²) in [4.78, 5) is 16.6. The summed E-state index contributed by atoms with van der Waals surface area (Å²) in [5.74, 6) is 2.18. The number of allylic oxidation sites excluding steroid dienone is 2. The zero-order valence-electron chi connectivity index (χ0n) is 19.1. The molecular weight excluding hydrogens is 435 g/mol. The molecule has 1 aromatic heterocycles. The average Bonchev–Trinajstić information content (AvgIpc) is 3.26. The molecule has 0 amide bonds. The Morgan fingerprint density at radius 1 is 1.15 bits per heavy atom. The van der Waals surface area contributed by atoms with Gasteiger partial charge in [0, 0.05) is 23.5 Å². The van der Waals surface area contributed by atoms with Crippen LogP contribution in [0.5, 0.6) is 17.2 Å². The predicted octanol–water partition coefficient (Wildman–Crippen LogP) is 5.29. The van der Waals surface area contributed by atoms with E-state index in [2.05, 4.69) is 4.98 Å². The molecule has 1 fully saturated rings. The van der Waals surface area contributed by atoms with Gasteiger partial charge in [-0.3, -0.25) is 4.57 Å². The Morgan fingerprint density at radius 3 is 2.82 bits per heavy atom. The van der Waals surface area contributed by atoms with E-state index in [0.29, 0.717) is 41.4 Å². The van der Waals surface area contributed by atoms with Gasteiger partial charge < -0.3 is 14.2 Å². The van der Waals surface area contributed by atoms with Gasteiger partial charge in [0.1, 0.15) is 17.3 Å². The Morgan fingerprint density at radius 2 is 2.00 bits per heavy atom. The molecule has 1 saturated carbocycles. The third-order valence-electron chi connectivity index (χ3n) is 6.36. The highest BCUT2D eigenvalue weighted by molar-refractivity contribution is 5.65. The van der Waals surface area contributed by atoms with Crippen molar-refractivity contribution in [3.8, 4) is 28.4 Å². The van der Waals surface area contributed by atoms with Gasteiger partial charge in [-0.25, -0.2) is 14.2 Å². The lowest BCUT2D eigenvalue weighted by Gasteiger charge is -2.17. The van der Waals surface area contributed by atoms with E-state index >= 15 is 0 Å². The third-order valence-corrected chi connectivity index (χ3v) is 6.36. The van der Waals surface area contributed by atoms with Crippen molar-refractivity contribution in [3.63, 3.8) is 0 Å². The minimum Gasteiger partial charge on any atom is -0.493 e. The Bertz CT molecular complexity index is 1280. The third kappa shape index (κ3) is 4.69. The van der Waals surface area contributed by atoms with Crippen LogP contribution in [0.4, 0.5) is 4.39 Å². The Hall–Kier alpha value is -3.61. The summed E-state index contributed by atoms with van der Waals surface area (Å²) in [6.45, 7) is 0.206. The molecule has 1 aliphatic carbocycles. The monoisotopic (exact) mass is 462 g/mol. The van der Waals surface area contributed by atoms with Crippen molar-refractivity contribution in [2.24, 2.45) is 0 Å². The van der Waals surface area contributed by atoms with E-state index in [1.165, 1.54) is 23.5 Å². The molecule has 2 aliphatic rings. The minimum absolute atomic E-state index is 0.197. The quantitative estimate of drug-likeness (QED) is 0.498. The molecule has 176 valence electrons. The molecule has 7 heteroatoms. The van der Waals surface area contributed by atoms with Crippen molar-refractivity contribution in [3.05, 3.63) is 82.5 Å². The van der Waals surface area contributed by atoms with Gasteiger partial charge in [0.25, 0.3) is 0 Å². The Balaban J connectivity index is 1.41. The molecule has 5 rings (SSSR count). The normalized spacial score (nSPS) is 15.8. The molecule has 34 heavy (non-hydrogen) atoms. The average molecular weight is 463 g/mol. The van der Waals surface area contributed by atoms with Crippen LogP contribution in [0.1, 0.15) is 37.7 Å². The fourth-order valence-corrected chi connectivity index (χ4v) is 4.55. The van der Waals surface area contributed by atoms with Gasteiger partial charge in [-0.05, 0) is 74.4 Å². The van der Waals surface area contributed by atoms with Crippen LogP contribution in [0.2, 0.25) is 0 Å². The summed E-state index contributed by atoms with van der Waals surface area (Å²) in [5.41, 5.74) is 1.83. The topological polar surface area (TPSA) is 62.6 Å². The fourth-order valence-electron chi connectivity index (χ4n) is 4.55. The van der Waals surface area contributed by atoms with E-state index < -0.39 is 0 Å². The maximum Gasteiger partial charge on any atom is 0.347 e. The van der Waals surface area contributed by atoms with Crippen LogP contribution in [0.15, 0.2) is 65.4 Å². The van der Waals surface area contributed by atoms with Gasteiger partial charge >= 0.3 is 5.69 Å². The molecule has 0 bridgehead atoms. The van der Waals surface area contributed by atoms with E-state index in [9.17, 15) is 9.18 Å². The summed E-state index contributed by atoms with van der Waals surface area (Å²) in [6, 6.07) is 10.5. The zero-order valence-corrected chi connectivity index (χ0v) is 19.1.